The fourth-order valence-corrected chi connectivity index (χ4v) is 4.62. The lowest BCUT2D eigenvalue weighted by atomic mass is 10.2. The van der Waals surface area contributed by atoms with E-state index >= 15 is 0 Å². The Labute approximate surface area is 199 Å². The topological polar surface area (TPSA) is 120 Å². The van der Waals surface area contributed by atoms with Gasteiger partial charge in [-0.3, -0.25) is 0 Å². The highest BCUT2D eigenvalue weighted by atomic mass is 127. The molecule has 172 valence electrons. The van der Waals surface area contributed by atoms with Crippen molar-refractivity contribution in [1.82, 2.24) is 19.7 Å². The highest BCUT2D eigenvalue weighted by molar-refractivity contribution is 14.0. The number of phenolic OH excluding ortho intramolecular Hbond substituents is 1. The van der Waals surface area contributed by atoms with Crippen LogP contribution in [0, 0.1) is 0 Å². The Bertz CT molecular complexity index is 960. The summed E-state index contributed by atoms with van der Waals surface area (Å²) in [4.78, 5) is 6.68. The fraction of sp³-hybridized carbons (Fsp3) is 0.474. The first-order valence-electron chi connectivity index (χ1n) is 9.69. The standard InChI is InChI=1S/C19H27N5O5S.HI/c1-3-20-19(21-13-15-4-5-18(28-2)17(25)12-15)23-7-9-24(10-8-23)30(26,27)14-16-6-11-29-22-16;/h4-6,11-12,25H,3,7-10,13-14H2,1-2H3,(H,20,21);1H. The quantitative estimate of drug-likeness (QED) is 0.295. The molecule has 0 atom stereocenters. The molecule has 0 aliphatic carbocycles. The summed E-state index contributed by atoms with van der Waals surface area (Å²) in [5.74, 6) is 1.03. The molecule has 12 heteroatoms. The van der Waals surface area contributed by atoms with Gasteiger partial charge in [0.2, 0.25) is 10.0 Å². The van der Waals surface area contributed by atoms with Crippen LogP contribution in [0.2, 0.25) is 0 Å². The van der Waals surface area contributed by atoms with Gasteiger partial charge in [-0.25, -0.2) is 13.4 Å². The van der Waals surface area contributed by atoms with Gasteiger partial charge >= 0.3 is 0 Å². The molecule has 0 unspecified atom stereocenters. The van der Waals surface area contributed by atoms with Crippen molar-refractivity contribution < 1.29 is 22.8 Å². The average Bonchev–Trinajstić information content (AvgIpc) is 3.23. The molecule has 1 saturated heterocycles. The molecule has 2 aromatic rings. The van der Waals surface area contributed by atoms with Gasteiger partial charge in [0.1, 0.15) is 12.0 Å². The minimum Gasteiger partial charge on any atom is -0.504 e. The second kappa shape index (κ2) is 11.5. The van der Waals surface area contributed by atoms with Gasteiger partial charge in [0.15, 0.2) is 17.5 Å². The smallest absolute Gasteiger partial charge is 0.220 e. The number of nitrogens with one attached hydrogen (secondary N) is 1. The van der Waals surface area contributed by atoms with Crippen molar-refractivity contribution in [3.63, 3.8) is 0 Å². The molecule has 0 saturated carbocycles. The normalized spacial score (nSPS) is 15.4. The molecule has 0 radical (unpaired) electrons. The van der Waals surface area contributed by atoms with E-state index in [9.17, 15) is 13.5 Å². The zero-order valence-electron chi connectivity index (χ0n) is 17.5. The molecule has 1 aromatic carbocycles. The number of piperazine rings is 1. The van der Waals surface area contributed by atoms with Gasteiger partial charge in [0.05, 0.1) is 19.3 Å². The van der Waals surface area contributed by atoms with E-state index in [0.29, 0.717) is 56.7 Å². The number of aromatic hydroxyl groups is 1. The zero-order valence-corrected chi connectivity index (χ0v) is 20.7. The third-order valence-electron chi connectivity index (χ3n) is 4.74. The summed E-state index contributed by atoms with van der Waals surface area (Å²) in [6.45, 7) is 4.84. The minimum atomic E-state index is -3.45. The largest absolute Gasteiger partial charge is 0.504 e. The number of hydrogen-bond donors (Lipinski definition) is 2. The van der Waals surface area contributed by atoms with E-state index in [1.807, 2.05) is 17.9 Å². The lowest BCUT2D eigenvalue weighted by Gasteiger charge is -2.35. The van der Waals surface area contributed by atoms with Gasteiger partial charge in [-0.2, -0.15) is 4.31 Å². The van der Waals surface area contributed by atoms with Crippen molar-refractivity contribution in [3.8, 4) is 11.5 Å². The van der Waals surface area contributed by atoms with E-state index in [-0.39, 0.29) is 35.5 Å². The molecule has 1 aliphatic rings. The lowest BCUT2D eigenvalue weighted by molar-refractivity contribution is 0.259. The number of nitrogens with zero attached hydrogens (tertiary/aromatic N) is 4. The van der Waals surface area contributed by atoms with Crippen LogP contribution < -0.4 is 10.1 Å². The number of sulfonamides is 1. The summed E-state index contributed by atoms with van der Waals surface area (Å²) in [5.41, 5.74) is 1.24. The summed E-state index contributed by atoms with van der Waals surface area (Å²) >= 11 is 0. The van der Waals surface area contributed by atoms with Crippen LogP contribution >= 0.6 is 24.0 Å². The number of methoxy groups -OCH3 is 1. The SMILES string of the molecule is CCNC(=NCc1ccc(OC)c(O)c1)N1CCN(S(=O)(=O)Cc2ccon2)CC1.I. The van der Waals surface area contributed by atoms with Gasteiger partial charge in [-0.1, -0.05) is 11.2 Å². The number of rotatable bonds is 7. The maximum absolute atomic E-state index is 12.6. The molecule has 1 fully saturated rings. The van der Waals surface area contributed by atoms with Crippen molar-refractivity contribution in [2.75, 3.05) is 39.8 Å². The number of hydrogen-bond acceptors (Lipinski definition) is 7. The molecular weight excluding hydrogens is 537 g/mol. The monoisotopic (exact) mass is 565 g/mol. The van der Waals surface area contributed by atoms with Crippen LogP contribution in [0.5, 0.6) is 11.5 Å². The van der Waals surface area contributed by atoms with Crippen LogP contribution in [0.4, 0.5) is 0 Å². The number of guanidine groups is 1. The Morgan fingerprint density at radius 1 is 1.29 bits per heavy atom. The Morgan fingerprint density at radius 2 is 2.03 bits per heavy atom. The first-order valence-corrected chi connectivity index (χ1v) is 11.3. The maximum Gasteiger partial charge on any atom is 0.220 e. The highest BCUT2D eigenvalue weighted by Crippen LogP contribution is 2.26. The van der Waals surface area contributed by atoms with Gasteiger partial charge in [0.25, 0.3) is 0 Å². The van der Waals surface area contributed by atoms with Gasteiger partial charge < -0.3 is 24.6 Å². The molecule has 2 N–H and O–H groups in total. The van der Waals surface area contributed by atoms with Crippen molar-refractivity contribution in [2.24, 2.45) is 4.99 Å². The summed E-state index contributed by atoms with van der Waals surface area (Å²) in [7, 11) is -1.95. The van der Waals surface area contributed by atoms with E-state index in [0.717, 1.165) is 5.56 Å². The highest BCUT2D eigenvalue weighted by Gasteiger charge is 2.29. The van der Waals surface area contributed by atoms with Crippen LogP contribution in [0.3, 0.4) is 0 Å². The third kappa shape index (κ3) is 6.71. The Morgan fingerprint density at radius 3 is 2.61 bits per heavy atom. The maximum atomic E-state index is 12.6. The number of aliphatic imine (C=N–C) groups is 1. The van der Waals surface area contributed by atoms with E-state index in [2.05, 4.69) is 15.5 Å². The molecule has 3 rings (SSSR count). The summed E-state index contributed by atoms with van der Waals surface area (Å²) in [5, 5.41) is 16.9. The molecule has 0 spiro atoms. The second-order valence-electron chi connectivity index (χ2n) is 6.81. The summed E-state index contributed by atoms with van der Waals surface area (Å²) in [6, 6.07) is 6.73. The van der Waals surface area contributed by atoms with Crippen LogP contribution in [-0.2, 0) is 22.3 Å². The Balaban J connectivity index is 0.00000341. The van der Waals surface area contributed by atoms with E-state index < -0.39 is 10.0 Å². The van der Waals surface area contributed by atoms with E-state index in [1.54, 1.807) is 18.2 Å². The number of ether oxygens (including phenoxy) is 1. The third-order valence-corrected chi connectivity index (χ3v) is 6.56. The average molecular weight is 565 g/mol. The summed E-state index contributed by atoms with van der Waals surface area (Å²) in [6.07, 6.45) is 1.37. The van der Waals surface area contributed by atoms with Crippen molar-refractivity contribution in [3.05, 3.63) is 41.8 Å². The molecule has 2 heterocycles. The van der Waals surface area contributed by atoms with Crippen molar-refractivity contribution >= 4 is 40.0 Å². The number of benzene rings is 1. The Kier molecular flexibility index (Phi) is 9.37. The first kappa shape index (κ1) is 25.2. The molecule has 0 bridgehead atoms. The molecule has 1 aromatic heterocycles. The molecule has 1 aliphatic heterocycles. The van der Waals surface area contributed by atoms with Crippen LogP contribution in [0.25, 0.3) is 0 Å². The second-order valence-corrected chi connectivity index (χ2v) is 8.78. The number of halogens is 1. The van der Waals surface area contributed by atoms with Gasteiger partial charge in [-0.05, 0) is 24.6 Å². The van der Waals surface area contributed by atoms with Crippen LogP contribution in [0.15, 0.2) is 40.0 Å². The molecular formula is C19H28IN5O5S. The van der Waals surface area contributed by atoms with E-state index in [1.165, 1.54) is 17.7 Å². The zero-order chi connectivity index (χ0) is 21.6. The number of phenols is 1. The van der Waals surface area contributed by atoms with Crippen molar-refractivity contribution in [2.45, 2.75) is 19.2 Å². The summed E-state index contributed by atoms with van der Waals surface area (Å²) < 4.78 is 36.4. The predicted molar refractivity (Wildman–Crippen MR) is 127 cm³/mol. The van der Waals surface area contributed by atoms with Gasteiger partial charge in [-0.15, -0.1) is 24.0 Å². The first-order chi connectivity index (χ1) is 14.4. The lowest BCUT2D eigenvalue weighted by Crippen LogP contribution is -2.53. The molecule has 0 amide bonds. The number of aromatic nitrogens is 1. The van der Waals surface area contributed by atoms with E-state index in [4.69, 9.17) is 9.26 Å². The van der Waals surface area contributed by atoms with Gasteiger partial charge in [0, 0.05) is 38.8 Å². The Hall–Kier alpha value is -2.06. The fourth-order valence-electron chi connectivity index (χ4n) is 3.19. The predicted octanol–water partition coefficient (Wildman–Crippen LogP) is 1.62. The molecule has 10 nitrogen and oxygen atoms in total. The van der Waals surface area contributed by atoms with Crippen LogP contribution in [-0.4, -0.2) is 73.7 Å². The van der Waals surface area contributed by atoms with Crippen molar-refractivity contribution in [1.29, 1.82) is 0 Å². The van der Waals surface area contributed by atoms with Crippen LogP contribution in [0.1, 0.15) is 18.2 Å². The minimum absolute atomic E-state index is 0. The molecule has 31 heavy (non-hydrogen) atoms.